The molecule has 1 N–H and O–H groups in total. The van der Waals surface area contributed by atoms with E-state index in [1.807, 2.05) is 59.6 Å². The molecule has 7 heteroatoms. The predicted molar refractivity (Wildman–Crippen MR) is 102 cm³/mol. The van der Waals surface area contributed by atoms with E-state index in [0.717, 1.165) is 22.0 Å². The average Bonchev–Trinajstić information content (AvgIpc) is 3.35. The Kier molecular flexibility index (Phi) is 4.17. The molecular weight excluding hydrogens is 352 g/mol. The fraction of sp³-hybridized carbons (Fsp3) is 0.0556. The molecule has 0 spiro atoms. The highest BCUT2D eigenvalue weighted by atomic mass is 32.1. The summed E-state index contributed by atoms with van der Waals surface area (Å²) in [6, 6.07) is 13.6. The molecule has 25 heavy (non-hydrogen) atoms. The minimum absolute atomic E-state index is 0.144. The summed E-state index contributed by atoms with van der Waals surface area (Å²) < 4.78 is 1.95. The molecule has 0 unspecified atom stereocenters. The zero-order valence-corrected chi connectivity index (χ0v) is 15.0. The standard InChI is InChI=1S/C18H14N4OS2/c1-22-10-9-19-16(22)15-14(12-6-3-2-4-7-12)20-18(25-15)21-17(23)13-8-5-11-24-13/h2-11H,1H3,(H,20,21,23). The Hall–Kier alpha value is -2.77. The molecular formula is C18H14N4OS2. The van der Waals surface area contributed by atoms with E-state index >= 15 is 0 Å². The first-order chi connectivity index (χ1) is 12.2. The number of carbonyl (C=O) groups is 1. The zero-order valence-electron chi connectivity index (χ0n) is 13.3. The predicted octanol–water partition coefficient (Wildman–Crippen LogP) is 4.52. The number of nitrogens with zero attached hydrogens (tertiary/aromatic N) is 3. The van der Waals surface area contributed by atoms with Crippen LogP contribution in [0.5, 0.6) is 0 Å². The molecule has 4 aromatic rings. The molecule has 0 fully saturated rings. The Balaban J connectivity index is 1.76. The molecule has 0 atom stereocenters. The maximum Gasteiger partial charge on any atom is 0.267 e. The molecule has 0 aliphatic carbocycles. The number of imidazole rings is 1. The van der Waals surface area contributed by atoms with Gasteiger partial charge in [0, 0.05) is 25.0 Å². The van der Waals surface area contributed by atoms with Gasteiger partial charge >= 0.3 is 0 Å². The number of amides is 1. The Morgan fingerprint density at radius 2 is 2.00 bits per heavy atom. The molecule has 3 aromatic heterocycles. The highest BCUT2D eigenvalue weighted by Crippen LogP contribution is 2.38. The SMILES string of the molecule is Cn1ccnc1-c1sc(NC(=O)c2cccs2)nc1-c1ccccc1. The van der Waals surface area contributed by atoms with E-state index in [-0.39, 0.29) is 5.91 Å². The molecule has 0 aliphatic rings. The van der Waals surface area contributed by atoms with E-state index in [1.54, 1.807) is 12.3 Å². The Morgan fingerprint density at radius 1 is 1.16 bits per heavy atom. The first-order valence-electron chi connectivity index (χ1n) is 7.61. The minimum atomic E-state index is -0.144. The summed E-state index contributed by atoms with van der Waals surface area (Å²) in [4.78, 5) is 23.0. The topological polar surface area (TPSA) is 59.8 Å². The largest absolute Gasteiger partial charge is 0.333 e. The van der Waals surface area contributed by atoms with E-state index in [1.165, 1.54) is 22.7 Å². The molecule has 3 heterocycles. The zero-order chi connectivity index (χ0) is 17.2. The van der Waals surface area contributed by atoms with Gasteiger partial charge in [-0.15, -0.1) is 11.3 Å². The monoisotopic (exact) mass is 366 g/mol. The number of thiophene rings is 1. The summed E-state index contributed by atoms with van der Waals surface area (Å²) in [7, 11) is 1.95. The number of thiazole rings is 1. The van der Waals surface area contributed by atoms with Gasteiger partial charge in [0.15, 0.2) is 11.0 Å². The summed E-state index contributed by atoms with van der Waals surface area (Å²) in [6.07, 6.45) is 3.65. The van der Waals surface area contributed by atoms with Gasteiger partial charge in [0.1, 0.15) is 0 Å². The van der Waals surface area contributed by atoms with Gasteiger partial charge in [-0.2, -0.15) is 0 Å². The van der Waals surface area contributed by atoms with Crippen LogP contribution in [-0.4, -0.2) is 20.4 Å². The van der Waals surface area contributed by atoms with Crippen molar-refractivity contribution >= 4 is 33.7 Å². The number of nitrogens with one attached hydrogen (secondary N) is 1. The second-order valence-corrected chi connectivity index (χ2v) is 7.30. The minimum Gasteiger partial charge on any atom is -0.333 e. The lowest BCUT2D eigenvalue weighted by molar-refractivity contribution is 0.103. The van der Waals surface area contributed by atoms with Gasteiger partial charge in [-0.05, 0) is 11.4 Å². The third-order valence-corrected chi connectivity index (χ3v) is 5.50. The van der Waals surface area contributed by atoms with Crippen molar-refractivity contribution in [2.45, 2.75) is 0 Å². The third-order valence-electron chi connectivity index (χ3n) is 3.66. The van der Waals surface area contributed by atoms with E-state index in [2.05, 4.69) is 15.3 Å². The van der Waals surface area contributed by atoms with E-state index in [9.17, 15) is 4.79 Å². The van der Waals surface area contributed by atoms with Crippen molar-refractivity contribution in [2.75, 3.05) is 5.32 Å². The lowest BCUT2D eigenvalue weighted by Crippen LogP contribution is -2.09. The Labute approximate surface area is 152 Å². The molecule has 1 aromatic carbocycles. The Bertz CT molecular complexity index is 1000. The van der Waals surface area contributed by atoms with Gasteiger partial charge in [0.25, 0.3) is 5.91 Å². The van der Waals surface area contributed by atoms with Gasteiger partial charge in [-0.25, -0.2) is 9.97 Å². The Morgan fingerprint density at radius 3 is 2.68 bits per heavy atom. The average molecular weight is 366 g/mol. The number of rotatable bonds is 4. The lowest BCUT2D eigenvalue weighted by Gasteiger charge is -2.02. The van der Waals surface area contributed by atoms with Crippen LogP contribution in [0.15, 0.2) is 60.2 Å². The van der Waals surface area contributed by atoms with Crippen LogP contribution in [0.3, 0.4) is 0 Å². The number of hydrogen-bond donors (Lipinski definition) is 1. The number of benzene rings is 1. The summed E-state index contributed by atoms with van der Waals surface area (Å²) in [5.74, 6) is 0.683. The van der Waals surface area contributed by atoms with Crippen molar-refractivity contribution in [3.05, 3.63) is 65.1 Å². The molecule has 0 bridgehead atoms. The normalized spacial score (nSPS) is 10.8. The van der Waals surface area contributed by atoms with Gasteiger partial charge < -0.3 is 4.57 Å². The van der Waals surface area contributed by atoms with Crippen molar-refractivity contribution in [1.82, 2.24) is 14.5 Å². The van der Waals surface area contributed by atoms with Crippen LogP contribution in [0.1, 0.15) is 9.67 Å². The van der Waals surface area contributed by atoms with Crippen LogP contribution < -0.4 is 5.32 Å². The summed E-state index contributed by atoms with van der Waals surface area (Å²) >= 11 is 2.84. The number of carbonyl (C=O) groups excluding carboxylic acids is 1. The van der Waals surface area contributed by atoms with Crippen LogP contribution in [0.25, 0.3) is 22.0 Å². The molecule has 1 amide bonds. The van der Waals surface area contributed by atoms with Crippen molar-refractivity contribution in [2.24, 2.45) is 7.05 Å². The molecule has 0 saturated heterocycles. The van der Waals surface area contributed by atoms with Crippen LogP contribution in [-0.2, 0) is 7.05 Å². The van der Waals surface area contributed by atoms with Gasteiger partial charge in [-0.3, -0.25) is 10.1 Å². The first kappa shape index (κ1) is 15.7. The van der Waals surface area contributed by atoms with Crippen LogP contribution in [0, 0.1) is 0 Å². The molecule has 0 radical (unpaired) electrons. The molecule has 4 rings (SSSR count). The van der Waals surface area contributed by atoms with Crippen LogP contribution >= 0.6 is 22.7 Å². The number of aryl methyl sites for hydroxylation is 1. The summed E-state index contributed by atoms with van der Waals surface area (Å²) in [5, 5.41) is 5.34. The van der Waals surface area contributed by atoms with E-state index < -0.39 is 0 Å². The van der Waals surface area contributed by atoms with Gasteiger partial charge in [0.05, 0.1) is 15.4 Å². The fourth-order valence-electron chi connectivity index (χ4n) is 2.47. The third kappa shape index (κ3) is 3.11. The smallest absolute Gasteiger partial charge is 0.267 e. The van der Waals surface area contributed by atoms with Gasteiger partial charge in [0.2, 0.25) is 0 Å². The quantitative estimate of drug-likeness (QED) is 0.577. The number of aromatic nitrogens is 3. The first-order valence-corrected chi connectivity index (χ1v) is 9.31. The fourth-order valence-corrected chi connectivity index (χ4v) is 4.11. The van der Waals surface area contributed by atoms with E-state index in [0.29, 0.717) is 10.0 Å². The highest BCUT2D eigenvalue weighted by Gasteiger charge is 2.19. The molecule has 5 nitrogen and oxygen atoms in total. The van der Waals surface area contributed by atoms with Crippen molar-refractivity contribution in [3.63, 3.8) is 0 Å². The van der Waals surface area contributed by atoms with Crippen molar-refractivity contribution in [3.8, 4) is 22.0 Å². The summed E-state index contributed by atoms with van der Waals surface area (Å²) in [6.45, 7) is 0. The maximum absolute atomic E-state index is 12.3. The molecule has 0 saturated carbocycles. The second-order valence-electron chi connectivity index (χ2n) is 5.36. The van der Waals surface area contributed by atoms with Crippen LogP contribution in [0.4, 0.5) is 5.13 Å². The van der Waals surface area contributed by atoms with Crippen molar-refractivity contribution < 1.29 is 4.79 Å². The summed E-state index contributed by atoms with van der Waals surface area (Å²) in [5.41, 5.74) is 1.81. The maximum atomic E-state index is 12.3. The van der Waals surface area contributed by atoms with E-state index in [4.69, 9.17) is 0 Å². The number of hydrogen-bond acceptors (Lipinski definition) is 5. The number of anilines is 1. The highest BCUT2D eigenvalue weighted by molar-refractivity contribution is 7.19. The molecule has 124 valence electrons. The van der Waals surface area contributed by atoms with Crippen molar-refractivity contribution in [1.29, 1.82) is 0 Å². The lowest BCUT2D eigenvalue weighted by atomic mass is 10.1. The second kappa shape index (κ2) is 6.62. The van der Waals surface area contributed by atoms with Gasteiger partial charge in [-0.1, -0.05) is 47.7 Å². The van der Waals surface area contributed by atoms with Crippen LogP contribution in [0.2, 0.25) is 0 Å². The molecule has 0 aliphatic heterocycles.